The Kier molecular flexibility index (Phi) is 4.85. The van der Waals surface area contributed by atoms with Gasteiger partial charge < -0.3 is 5.11 Å². The third-order valence-corrected chi connectivity index (χ3v) is 4.93. The molecule has 0 atom stereocenters. The van der Waals surface area contributed by atoms with Gasteiger partial charge in [-0.2, -0.15) is 13.2 Å². The lowest BCUT2D eigenvalue weighted by molar-refractivity contribution is -0.137. The first-order valence-electron chi connectivity index (χ1n) is 7.16. The van der Waals surface area contributed by atoms with Crippen LogP contribution in [0.1, 0.15) is 11.1 Å². The molecule has 0 spiro atoms. The number of carbonyl (C=O) groups is 1. The van der Waals surface area contributed by atoms with Gasteiger partial charge in [0.15, 0.2) is 5.17 Å². The predicted molar refractivity (Wildman–Crippen MR) is 98.0 cm³/mol. The Bertz CT molecular complexity index is 944. The number of para-hydroxylation sites is 1. The van der Waals surface area contributed by atoms with E-state index in [1.165, 1.54) is 24.3 Å². The number of alkyl halides is 3. The van der Waals surface area contributed by atoms with Crippen LogP contribution in [-0.4, -0.2) is 16.2 Å². The monoisotopic (exact) mass is 442 g/mol. The van der Waals surface area contributed by atoms with Crippen molar-refractivity contribution in [1.82, 2.24) is 0 Å². The Morgan fingerprint density at radius 2 is 1.88 bits per heavy atom. The Morgan fingerprint density at radius 1 is 1.19 bits per heavy atom. The third-order valence-electron chi connectivity index (χ3n) is 3.55. The molecule has 1 aliphatic heterocycles. The average Bonchev–Trinajstić information content (AvgIpc) is 2.84. The van der Waals surface area contributed by atoms with E-state index in [1.807, 2.05) is 0 Å². The van der Waals surface area contributed by atoms with E-state index in [1.54, 1.807) is 12.1 Å². The number of benzene rings is 2. The van der Waals surface area contributed by atoms with Gasteiger partial charge in [-0.25, -0.2) is 0 Å². The number of nitrogens with one attached hydrogen (secondary N) is 1. The largest absolute Gasteiger partial charge is 0.507 e. The van der Waals surface area contributed by atoms with Crippen LogP contribution in [0.3, 0.4) is 0 Å². The fraction of sp³-hybridized carbons (Fsp3) is 0.0588. The Balaban J connectivity index is 2.04. The minimum absolute atomic E-state index is 0.0420. The molecule has 0 saturated carbocycles. The van der Waals surface area contributed by atoms with Crippen molar-refractivity contribution in [1.29, 1.82) is 5.41 Å². The van der Waals surface area contributed by atoms with Gasteiger partial charge in [0.2, 0.25) is 0 Å². The van der Waals surface area contributed by atoms with E-state index in [9.17, 15) is 23.1 Å². The number of phenols is 1. The lowest BCUT2D eigenvalue weighted by Gasteiger charge is -2.19. The van der Waals surface area contributed by atoms with E-state index in [0.717, 1.165) is 23.9 Å². The number of nitrogens with zero attached hydrogens (tertiary/aromatic N) is 1. The topological polar surface area (TPSA) is 64.4 Å². The van der Waals surface area contributed by atoms with Crippen LogP contribution in [0.2, 0.25) is 0 Å². The number of carbonyl (C=O) groups excluding carboxylic acids is 1. The van der Waals surface area contributed by atoms with Crippen molar-refractivity contribution in [2.45, 2.75) is 6.18 Å². The van der Waals surface area contributed by atoms with Crippen molar-refractivity contribution < 1.29 is 23.1 Å². The first-order chi connectivity index (χ1) is 12.2. The summed E-state index contributed by atoms with van der Waals surface area (Å²) in [5.74, 6) is -0.842. The van der Waals surface area contributed by atoms with Gasteiger partial charge in [-0.05, 0) is 48.2 Å². The Hall–Kier alpha value is -2.26. The average molecular weight is 443 g/mol. The molecule has 2 aromatic carbocycles. The van der Waals surface area contributed by atoms with Crippen LogP contribution < -0.4 is 4.90 Å². The molecule has 9 heteroatoms. The van der Waals surface area contributed by atoms with Gasteiger partial charge in [-0.1, -0.05) is 28.1 Å². The summed E-state index contributed by atoms with van der Waals surface area (Å²) in [6.07, 6.45) is -3.31. The molecule has 1 fully saturated rings. The van der Waals surface area contributed by atoms with Gasteiger partial charge in [0.1, 0.15) is 5.75 Å². The first-order valence-corrected chi connectivity index (χ1v) is 8.76. The number of aromatic hydroxyl groups is 1. The Labute approximate surface area is 159 Å². The highest BCUT2D eigenvalue weighted by atomic mass is 79.9. The summed E-state index contributed by atoms with van der Waals surface area (Å²) < 4.78 is 40.3. The van der Waals surface area contributed by atoms with Crippen molar-refractivity contribution in [2.24, 2.45) is 0 Å². The molecule has 1 aliphatic rings. The van der Waals surface area contributed by atoms with Crippen molar-refractivity contribution >= 4 is 50.5 Å². The maximum atomic E-state index is 13.2. The summed E-state index contributed by atoms with van der Waals surface area (Å²) in [5, 5.41) is 17.5. The standard InChI is InChI=1S/C17H10BrF3N2O2S/c18-10-5-6-13(24)9(7-10)8-14-15(25)23(16(22)26-14)12-4-2-1-3-11(12)17(19,20)21/h1-8,22,24H/b14-8-,22-16?. The van der Waals surface area contributed by atoms with Gasteiger partial charge >= 0.3 is 6.18 Å². The van der Waals surface area contributed by atoms with E-state index >= 15 is 0 Å². The summed E-state index contributed by atoms with van der Waals surface area (Å²) in [6.45, 7) is 0. The fourth-order valence-electron chi connectivity index (χ4n) is 2.40. The molecule has 1 saturated heterocycles. The highest BCUT2D eigenvalue weighted by molar-refractivity contribution is 9.10. The van der Waals surface area contributed by atoms with E-state index in [0.29, 0.717) is 14.9 Å². The molecule has 0 aliphatic carbocycles. The smallest absolute Gasteiger partial charge is 0.418 e. The number of rotatable bonds is 2. The molecule has 26 heavy (non-hydrogen) atoms. The third kappa shape index (κ3) is 3.49. The van der Waals surface area contributed by atoms with Gasteiger partial charge in [0, 0.05) is 10.0 Å². The second kappa shape index (κ2) is 6.81. The number of thioether (sulfide) groups is 1. The molecular weight excluding hydrogens is 433 g/mol. The van der Waals surface area contributed by atoms with E-state index in [4.69, 9.17) is 5.41 Å². The zero-order chi connectivity index (χ0) is 19.1. The zero-order valence-electron chi connectivity index (χ0n) is 12.8. The highest BCUT2D eigenvalue weighted by Gasteiger charge is 2.40. The molecular formula is C17H10BrF3N2O2S. The number of anilines is 1. The van der Waals surface area contributed by atoms with Gasteiger partial charge in [0.25, 0.3) is 5.91 Å². The normalized spacial score (nSPS) is 16.6. The maximum absolute atomic E-state index is 13.2. The number of hydrogen-bond donors (Lipinski definition) is 2. The number of amides is 1. The fourth-order valence-corrected chi connectivity index (χ4v) is 3.62. The zero-order valence-corrected chi connectivity index (χ0v) is 15.2. The molecule has 1 heterocycles. The molecule has 4 nitrogen and oxygen atoms in total. The van der Waals surface area contributed by atoms with Crippen LogP contribution in [0.4, 0.5) is 18.9 Å². The van der Waals surface area contributed by atoms with E-state index in [-0.39, 0.29) is 15.8 Å². The molecule has 0 bridgehead atoms. The summed E-state index contributed by atoms with van der Waals surface area (Å²) in [7, 11) is 0. The van der Waals surface area contributed by atoms with E-state index < -0.39 is 23.3 Å². The molecule has 0 unspecified atom stereocenters. The minimum Gasteiger partial charge on any atom is -0.507 e. The quantitative estimate of drug-likeness (QED) is 0.625. The Morgan fingerprint density at radius 3 is 2.58 bits per heavy atom. The maximum Gasteiger partial charge on any atom is 0.418 e. The first kappa shape index (κ1) is 18.5. The van der Waals surface area contributed by atoms with Crippen molar-refractivity contribution in [3.63, 3.8) is 0 Å². The SMILES string of the molecule is N=C1S/C(=C\c2cc(Br)ccc2O)C(=O)N1c1ccccc1C(F)(F)F. The van der Waals surface area contributed by atoms with Crippen molar-refractivity contribution in [2.75, 3.05) is 4.90 Å². The van der Waals surface area contributed by atoms with Gasteiger partial charge in [0.05, 0.1) is 16.2 Å². The molecule has 134 valence electrons. The predicted octanol–water partition coefficient (Wildman–Crippen LogP) is 5.23. The molecule has 0 aromatic heterocycles. The molecule has 0 radical (unpaired) electrons. The summed E-state index contributed by atoms with van der Waals surface area (Å²) in [5.41, 5.74) is -1.08. The van der Waals surface area contributed by atoms with Crippen LogP contribution in [0.5, 0.6) is 5.75 Å². The highest BCUT2D eigenvalue weighted by Crippen LogP contribution is 2.42. The van der Waals surface area contributed by atoms with Crippen LogP contribution >= 0.6 is 27.7 Å². The lowest BCUT2D eigenvalue weighted by Crippen LogP contribution is -2.30. The molecule has 1 amide bonds. The number of amidine groups is 1. The second-order valence-electron chi connectivity index (χ2n) is 5.27. The summed E-state index contributed by atoms with van der Waals surface area (Å²) >= 11 is 3.98. The lowest BCUT2D eigenvalue weighted by atomic mass is 10.1. The number of phenolic OH excluding ortho intramolecular Hbond substituents is 1. The summed E-state index contributed by atoms with van der Waals surface area (Å²) in [4.78, 5) is 13.4. The van der Waals surface area contributed by atoms with Crippen molar-refractivity contribution in [3.8, 4) is 5.75 Å². The minimum atomic E-state index is -4.66. The molecule has 3 rings (SSSR count). The molecule has 2 N–H and O–H groups in total. The number of halogens is 4. The van der Waals surface area contributed by atoms with Crippen LogP contribution in [0, 0.1) is 5.41 Å². The van der Waals surface area contributed by atoms with Gasteiger partial charge in [-0.3, -0.25) is 15.1 Å². The van der Waals surface area contributed by atoms with Crippen LogP contribution in [-0.2, 0) is 11.0 Å². The van der Waals surface area contributed by atoms with E-state index in [2.05, 4.69) is 15.9 Å². The number of hydrogen-bond acceptors (Lipinski definition) is 4. The second-order valence-corrected chi connectivity index (χ2v) is 7.22. The van der Waals surface area contributed by atoms with Crippen LogP contribution in [0.15, 0.2) is 51.8 Å². The molecule has 2 aromatic rings. The van der Waals surface area contributed by atoms with Crippen molar-refractivity contribution in [3.05, 3.63) is 63.0 Å². The van der Waals surface area contributed by atoms with Gasteiger partial charge in [-0.15, -0.1) is 0 Å². The summed E-state index contributed by atoms with van der Waals surface area (Å²) in [6, 6.07) is 9.19. The van der Waals surface area contributed by atoms with Crippen LogP contribution in [0.25, 0.3) is 6.08 Å².